The van der Waals surface area contributed by atoms with Gasteiger partial charge in [-0.05, 0) is 19.3 Å². The molecule has 19 heavy (non-hydrogen) atoms. The number of nitrogens with one attached hydrogen (secondary N) is 1. The highest BCUT2D eigenvalue weighted by atomic mass is 16.2. The van der Waals surface area contributed by atoms with Gasteiger partial charge in [-0.25, -0.2) is 4.98 Å². The number of anilines is 1. The zero-order valence-electron chi connectivity index (χ0n) is 11.1. The Labute approximate surface area is 111 Å². The lowest BCUT2D eigenvalue weighted by molar-refractivity contribution is -0.127. The van der Waals surface area contributed by atoms with E-state index < -0.39 is 0 Å². The third kappa shape index (κ3) is 2.62. The van der Waals surface area contributed by atoms with E-state index in [0.717, 1.165) is 38.2 Å². The zero-order chi connectivity index (χ0) is 13.4. The van der Waals surface area contributed by atoms with E-state index in [2.05, 4.69) is 9.97 Å². The molecule has 1 aliphatic carbocycles. The molecule has 2 aliphatic rings. The Morgan fingerprint density at radius 1 is 1.32 bits per heavy atom. The molecule has 2 fully saturated rings. The standard InChI is InChI=1S/C13H18N4O2/c1-16-5-2-6-17(8-12(16)19)10-7-11(18)15-13(14-10)9-3-4-9/h7,9H,2-6,8H2,1H3,(H,14,15,18). The molecule has 0 spiro atoms. The Balaban J connectivity index is 1.88. The zero-order valence-corrected chi connectivity index (χ0v) is 11.1. The monoisotopic (exact) mass is 262 g/mol. The summed E-state index contributed by atoms with van der Waals surface area (Å²) >= 11 is 0. The van der Waals surface area contributed by atoms with E-state index in [4.69, 9.17) is 0 Å². The number of aromatic amines is 1. The van der Waals surface area contributed by atoms with Crippen molar-refractivity contribution in [1.29, 1.82) is 0 Å². The third-order valence-corrected chi connectivity index (χ3v) is 3.71. The number of carbonyl (C=O) groups excluding carboxylic acids is 1. The number of hydrogen-bond acceptors (Lipinski definition) is 4. The first-order valence-electron chi connectivity index (χ1n) is 6.73. The van der Waals surface area contributed by atoms with Crippen molar-refractivity contribution in [2.45, 2.75) is 25.2 Å². The second-order valence-corrected chi connectivity index (χ2v) is 5.35. The molecule has 0 bridgehead atoms. The van der Waals surface area contributed by atoms with Crippen molar-refractivity contribution in [3.63, 3.8) is 0 Å². The average molecular weight is 262 g/mol. The molecule has 1 N–H and O–H groups in total. The normalized spacial score (nSPS) is 20.6. The van der Waals surface area contributed by atoms with E-state index in [1.165, 1.54) is 6.07 Å². The van der Waals surface area contributed by atoms with Crippen molar-refractivity contribution in [2.75, 3.05) is 31.6 Å². The average Bonchev–Trinajstić information content (AvgIpc) is 3.19. The maximum absolute atomic E-state index is 11.9. The van der Waals surface area contributed by atoms with E-state index in [1.54, 1.807) is 4.90 Å². The minimum atomic E-state index is -0.128. The molecule has 1 amide bonds. The molecule has 102 valence electrons. The highest BCUT2D eigenvalue weighted by molar-refractivity contribution is 5.81. The van der Waals surface area contributed by atoms with E-state index in [9.17, 15) is 9.59 Å². The summed E-state index contributed by atoms with van der Waals surface area (Å²) in [7, 11) is 1.81. The number of likely N-dealkylation sites (N-methyl/N-ethyl adjacent to an activating group) is 1. The molecule has 1 saturated carbocycles. The van der Waals surface area contributed by atoms with Crippen LogP contribution in [-0.4, -0.2) is 47.5 Å². The Kier molecular flexibility index (Phi) is 3.00. The number of hydrogen-bond donors (Lipinski definition) is 1. The number of amides is 1. The summed E-state index contributed by atoms with van der Waals surface area (Å²) in [6, 6.07) is 1.49. The van der Waals surface area contributed by atoms with Crippen LogP contribution in [-0.2, 0) is 4.79 Å². The fraction of sp³-hybridized carbons (Fsp3) is 0.615. The van der Waals surface area contributed by atoms with Gasteiger partial charge in [0, 0.05) is 32.1 Å². The molecular weight excluding hydrogens is 244 g/mol. The lowest BCUT2D eigenvalue weighted by Crippen LogP contribution is -2.35. The van der Waals surface area contributed by atoms with Crippen molar-refractivity contribution < 1.29 is 4.79 Å². The molecule has 1 saturated heterocycles. The molecule has 6 heteroatoms. The minimum absolute atomic E-state index is 0.0764. The van der Waals surface area contributed by atoms with Crippen LogP contribution in [0.25, 0.3) is 0 Å². The van der Waals surface area contributed by atoms with Crippen LogP contribution < -0.4 is 10.5 Å². The fourth-order valence-corrected chi connectivity index (χ4v) is 2.36. The van der Waals surface area contributed by atoms with Crippen molar-refractivity contribution in [3.8, 4) is 0 Å². The van der Waals surface area contributed by atoms with Crippen LogP contribution in [0.2, 0.25) is 0 Å². The lowest BCUT2D eigenvalue weighted by Gasteiger charge is -2.20. The molecular formula is C13H18N4O2. The SMILES string of the molecule is CN1CCCN(c2cc(=O)[nH]c(C3CC3)n2)CC1=O. The van der Waals surface area contributed by atoms with Gasteiger partial charge in [-0.1, -0.05) is 0 Å². The van der Waals surface area contributed by atoms with E-state index in [1.807, 2.05) is 11.9 Å². The predicted molar refractivity (Wildman–Crippen MR) is 71.3 cm³/mol. The van der Waals surface area contributed by atoms with Crippen LogP contribution in [0.15, 0.2) is 10.9 Å². The van der Waals surface area contributed by atoms with Crippen LogP contribution in [0, 0.1) is 0 Å². The van der Waals surface area contributed by atoms with Gasteiger partial charge in [0.1, 0.15) is 11.6 Å². The largest absolute Gasteiger partial charge is 0.347 e. The second-order valence-electron chi connectivity index (χ2n) is 5.35. The van der Waals surface area contributed by atoms with Gasteiger partial charge in [0.15, 0.2) is 0 Å². The molecule has 0 unspecified atom stereocenters. The number of rotatable bonds is 2. The lowest BCUT2D eigenvalue weighted by atomic mass is 10.3. The molecule has 3 rings (SSSR count). The maximum atomic E-state index is 11.9. The summed E-state index contributed by atoms with van der Waals surface area (Å²) in [6.45, 7) is 1.82. The predicted octanol–water partition coefficient (Wildman–Crippen LogP) is 0.316. The number of carbonyl (C=O) groups is 1. The number of nitrogens with zero attached hydrogens (tertiary/aromatic N) is 3. The van der Waals surface area contributed by atoms with Gasteiger partial charge in [-0.2, -0.15) is 0 Å². The molecule has 0 radical (unpaired) electrons. The number of H-pyrrole nitrogens is 1. The first-order valence-corrected chi connectivity index (χ1v) is 6.73. The first-order chi connectivity index (χ1) is 9.13. The Bertz CT molecular complexity index is 550. The minimum Gasteiger partial charge on any atom is -0.347 e. The van der Waals surface area contributed by atoms with Crippen LogP contribution in [0.3, 0.4) is 0 Å². The van der Waals surface area contributed by atoms with Crippen molar-refractivity contribution in [1.82, 2.24) is 14.9 Å². The summed E-state index contributed by atoms with van der Waals surface area (Å²) in [4.78, 5) is 34.5. The molecule has 1 aliphatic heterocycles. The molecule has 1 aromatic rings. The van der Waals surface area contributed by atoms with Gasteiger partial charge in [0.05, 0.1) is 6.54 Å². The van der Waals surface area contributed by atoms with Crippen molar-refractivity contribution in [3.05, 3.63) is 22.2 Å². The van der Waals surface area contributed by atoms with E-state index in [-0.39, 0.29) is 11.5 Å². The Morgan fingerprint density at radius 3 is 2.84 bits per heavy atom. The quantitative estimate of drug-likeness (QED) is 0.833. The van der Waals surface area contributed by atoms with Gasteiger partial charge in [-0.15, -0.1) is 0 Å². The van der Waals surface area contributed by atoms with Gasteiger partial charge < -0.3 is 14.8 Å². The summed E-state index contributed by atoms with van der Waals surface area (Å²) < 4.78 is 0. The van der Waals surface area contributed by atoms with Crippen LogP contribution in [0.1, 0.15) is 31.0 Å². The van der Waals surface area contributed by atoms with Gasteiger partial charge in [0.25, 0.3) is 5.56 Å². The smallest absolute Gasteiger partial charge is 0.252 e. The van der Waals surface area contributed by atoms with E-state index in [0.29, 0.717) is 18.3 Å². The Morgan fingerprint density at radius 2 is 2.11 bits per heavy atom. The van der Waals surface area contributed by atoms with Crippen LogP contribution in [0.4, 0.5) is 5.82 Å². The van der Waals surface area contributed by atoms with Crippen molar-refractivity contribution in [2.24, 2.45) is 0 Å². The second kappa shape index (κ2) is 4.68. The molecule has 0 atom stereocenters. The van der Waals surface area contributed by atoms with Crippen LogP contribution >= 0.6 is 0 Å². The summed E-state index contributed by atoms with van der Waals surface area (Å²) in [5.41, 5.74) is -0.128. The first kappa shape index (κ1) is 12.2. The highest BCUT2D eigenvalue weighted by Gasteiger charge is 2.27. The van der Waals surface area contributed by atoms with E-state index >= 15 is 0 Å². The molecule has 2 heterocycles. The molecule has 1 aromatic heterocycles. The molecule has 0 aromatic carbocycles. The highest BCUT2D eigenvalue weighted by Crippen LogP contribution is 2.37. The topological polar surface area (TPSA) is 69.3 Å². The van der Waals surface area contributed by atoms with Crippen molar-refractivity contribution >= 4 is 11.7 Å². The molecule has 6 nitrogen and oxygen atoms in total. The summed E-state index contributed by atoms with van der Waals surface area (Å²) in [5, 5.41) is 0. The fourth-order valence-electron chi connectivity index (χ4n) is 2.36. The van der Waals surface area contributed by atoms with Gasteiger partial charge in [0.2, 0.25) is 5.91 Å². The number of aromatic nitrogens is 2. The summed E-state index contributed by atoms with van der Waals surface area (Å²) in [5.74, 6) is 1.88. The van der Waals surface area contributed by atoms with Crippen LogP contribution in [0.5, 0.6) is 0 Å². The Hall–Kier alpha value is -1.85. The summed E-state index contributed by atoms with van der Waals surface area (Å²) in [6.07, 6.45) is 3.08. The van der Waals surface area contributed by atoms with Gasteiger partial charge >= 0.3 is 0 Å². The third-order valence-electron chi connectivity index (χ3n) is 3.71. The maximum Gasteiger partial charge on any atom is 0.252 e. The van der Waals surface area contributed by atoms with Gasteiger partial charge in [-0.3, -0.25) is 9.59 Å².